The number of nitrogens with zero attached hydrogens (tertiary/aromatic N) is 3. The summed E-state index contributed by atoms with van der Waals surface area (Å²) in [7, 11) is 0. The SMILES string of the molecule is c1ccc(-c2nc3ccc4ccc(C5=NC(c6ccc7ccccc7c6)N=C(c6ccc7ccccc7c6)N5)cc4c3o2)cc1. The van der Waals surface area contributed by atoms with Gasteiger partial charge in [0.25, 0.3) is 0 Å². The lowest BCUT2D eigenvalue weighted by molar-refractivity contribution is 0.623. The quantitative estimate of drug-likeness (QED) is 0.226. The second-order valence-electron chi connectivity index (χ2n) is 11.4. The normalized spacial score (nSPS) is 14.9. The van der Waals surface area contributed by atoms with Crippen molar-refractivity contribution < 1.29 is 4.42 Å². The summed E-state index contributed by atoms with van der Waals surface area (Å²) in [5, 5.41) is 10.4. The molecular formula is C40H26N4O. The molecule has 0 bridgehead atoms. The molecule has 0 aliphatic carbocycles. The van der Waals surface area contributed by atoms with Crippen LogP contribution < -0.4 is 5.32 Å². The average Bonchev–Trinajstić information content (AvgIpc) is 3.56. The van der Waals surface area contributed by atoms with E-state index in [0.29, 0.717) is 5.89 Å². The Morgan fingerprint density at radius 3 is 1.84 bits per heavy atom. The topological polar surface area (TPSA) is 62.8 Å². The van der Waals surface area contributed by atoms with Gasteiger partial charge in [-0.15, -0.1) is 0 Å². The molecule has 1 atom stereocenters. The molecular weight excluding hydrogens is 552 g/mol. The molecule has 1 aliphatic heterocycles. The first-order valence-corrected chi connectivity index (χ1v) is 15.0. The summed E-state index contributed by atoms with van der Waals surface area (Å²) in [6.45, 7) is 0. The van der Waals surface area contributed by atoms with Crippen LogP contribution in [0.4, 0.5) is 0 Å². The van der Waals surface area contributed by atoms with Crippen LogP contribution in [0.3, 0.4) is 0 Å². The molecule has 1 aliphatic rings. The summed E-state index contributed by atoms with van der Waals surface area (Å²) in [5.74, 6) is 2.15. The van der Waals surface area contributed by atoms with Crippen molar-refractivity contribution in [3.63, 3.8) is 0 Å². The van der Waals surface area contributed by atoms with E-state index in [9.17, 15) is 0 Å². The molecule has 1 aromatic heterocycles. The summed E-state index contributed by atoms with van der Waals surface area (Å²) < 4.78 is 6.38. The smallest absolute Gasteiger partial charge is 0.227 e. The maximum absolute atomic E-state index is 6.38. The molecule has 45 heavy (non-hydrogen) atoms. The van der Waals surface area contributed by atoms with Gasteiger partial charge in [0.2, 0.25) is 5.89 Å². The first-order chi connectivity index (χ1) is 22.2. The molecule has 7 aromatic carbocycles. The van der Waals surface area contributed by atoms with Crippen molar-refractivity contribution in [2.45, 2.75) is 6.17 Å². The number of fused-ring (bicyclic) bond motifs is 5. The van der Waals surface area contributed by atoms with E-state index < -0.39 is 6.17 Å². The number of hydrogen-bond acceptors (Lipinski definition) is 5. The van der Waals surface area contributed by atoms with Crippen molar-refractivity contribution >= 4 is 55.1 Å². The van der Waals surface area contributed by atoms with E-state index in [1.54, 1.807) is 0 Å². The van der Waals surface area contributed by atoms with Gasteiger partial charge < -0.3 is 9.73 Å². The van der Waals surface area contributed by atoms with Gasteiger partial charge in [-0.3, -0.25) is 0 Å². The van der Waals surface area contributed by atoms with E-state index in [0.717, 1.165) is 55.8 Å². The fourth-order valence-electron chi connectivity index (χ4n) is 6.15. The Labute approximate surface area is 259 Å². The zero-order chi connectivity index (χ0) is 29.7. The van der Waals surface area contributed by atoms with E-state index in [4.69, 9.17) is 19.4 Å². The molecule has 8 aromatic rings. The third-order valence-electron chi connectivity index (χ3n) is 8.50. The molecule has 0 saturated carbocycles. The third kappa shape index (κ3) is 4.53. The molecule has 0 saturated heterocycles. The first kappa shape index (κ1) is 25.4. The summed E-state index contributed by atoms with van der Waals surface area (Å²) in [6.07, 6.45) is -0.409. The maximum atomic E-state index is 6.38. The van der Waals surface area contributed by atoms with E-state index in [-0.39, 0.29) is 0 Å². The van der Waals surface area contributed by atoms with Crippen molar-refractivity contribution in [2.24, 2.45) is 9.98 Å². The highest BCUT2D eigenvalue weighted by molar-refractivity contribution is 6.18. The number of benzene rings is 7. The van der Waals surface area contributed by atoms with Gasteiger partial charge in [-0.05, 0) is 68.9 Å². The number of oxazole rings is 1. The Balaban J connectivity index is 1.18. The van der Waals surface area contributed by atoms with E-state index in [2.05, 4.69) is 115 Å². The minimum absolute atomic E-state index is 0.409. The molecule has 5 nitrogen and oxygen atoms in total. The monoisotopic (exact) mass is 578 g/mol. The van der Waals surface area contributed by atoms with Gasteiger partial charge in [0, 0.05) is 22.1 Å². The summed E-state index contributed by atoms with van der Waals surface area (Å²) >= 11 is 0. The fourth-order valence-corrected chi connectivity index (χ4v) is 6.15. The maximum Gasteiger partial charge on any atom is 0.227 e. The predicted molar refractivity (Wildman–Crippen MR) is 184 cm³/mol. The van der Waals surface area contributed by atoms with Crippen LogP contribution in [0.15, 0.2) is 160 Å². The zero-order valence-electron chi connectivity index (χ0n) is 24.2. The van der Waals surface area contributed by atoms with Gasteiger partial charge in [-0.1, -0.05) is 109 Å². The van der Waals surface area contributed by atoms with Gasteiger partial charge in [-0.2, -0.15) is 0 Å². The van der Waals surface area contributed by atoms with Gasteiger partial charge in [-0.25, -0.2) is 15.0 Å². The van der Waals surface area contributed by atoms with Crippen LogP contribution in [-0.2, 0) is 0 Å². The van der Waals surface area contributed by atoms with Crippen LogP contribution in [0.1, 0.15) is 22.9 Å². The Kier molecular flexibility index (Phi) is 5.81. The Bertz CT molecular complexity index is 2470. The standard InChI is InChI=1S/C40H26N4O/c1-2-10-28(11-3-1)40-41-35-21-20-27-16-19-33(24-34(27)36(35)45-40)39-43-37(31-17-14-25-8-4-6-12-29(25)22-31)42-38(44-39)32-18-15-26-9-5-7-13-30(26)23-32/h1-24,37H,(H,42,43,44). The van der Waals surface area contributed by atoms with E-state index in [1.807, 2.05) is 36.4 Å². The molecule has 0 amide bonds. The summed E-state index contributed by atoms with van der Waals surface area (Å²) in [6, 6.07) is 50.2. The van der Waals surface area contributed by atoms with Crippen LogP contribution in [0.25, 0.3) is 54.9 Å². The average molecular weight is 579 g/mol. The van der Waals surface area contributed by atoms with Crippen LogP contribution in [-0.4, -0.2) is 16.7 Å². The third-order valence-corrected chi connectivity index (χ3v) is 8.50. The van der Waals surface area contributed by atoms with Crippen molar-refractivity contribution in [2.75, 3.05) is 0 Å². The summed E-state index contributed by atoms with van der Waals surface area (Å²) in [4.78, 5) is 15.1. The molecule has 212 valence electrons. The number of aromatic nitrogens is 1. The van der Waals surface area contributed by atoms with E-state index >= 15 is 0 Å². The molecule has 5 heteroatoms. The predicted octanol–water partition coefficient (Wildman–Crippen LogP) is 9.45. The Morgan fingerprint density at radius 2 is 1.09 bits per heavy atom. The fraction of sp³-hybridized carbons (Fsp3) is 0.0250. The largest absolute Gasteiger partial charge is 0.435 e. The minimum atomic E-state index is -0.409. The number of aliphatic imine (C=N–C) groups is 2. The second kappa shape index (κ2) is 10.3. The molecule has 0 fully saturated rings. The van der Waals surface area contributed by atoms with Gasteiger partial charge in [0.15, 0.2) is 11.7 Å². The molecule has 1 N–H and O–H groups in total. The lowest BCUT2D eigenvalue weighted by Gasteiger charge is -2.23. The van der Waals surface area contributed by atoms with Gasteiger partial charge in [0.05, 0.1) is 0 Å². The highest BCUT2D eigenvalue weighted by Gasteiger charge is 2.22. The minimum Gasteiger partial charge on any atom is -0.435 e. The molecule has 0 spiro atoms. The van der Waals surface area contributed by atoms with Crippen molar-refractivity contribution in [1.29, 1.82) is 0 Å². The number of nitrogens with one attached hydrogen (secondary N) is 1. The lowest BCUT2D eigenvalue weighted by atomic mass is 10.0. The molecule has 9 rings (SSSR count). The molecule has 1 unspecified atom stereocenters. The molecule has 0 radical (unpaired) electrons. The number of hydrogen-bond donors (Lipinski definition) is 1. The summed E-state index contributed by atoms with van der Waals surface area (Å²) in [5.41, 5.74) is 5.54. The van der Waals surface area contributed by atoms with E-state index in [1.165, 1.54) is 21.5 Å². The zero-order valence-corrected chi connectivity index (χ0v) is 24.2. The van der Waals surface area contributed by atoms with Crippen molar-refractivity contribution in [1.82, 2.24) is 10.3 Å². The van der Waals surface area contributed by atoms with Gasteiger partial charge in [0.1, 0.15) is 17.2 Å². The first-order valence-electron chi connectivity index (χ1n) is 15.0. The van der Waals surface area contributed by atoms with Crippen LogP contribution >= 0.6 is 0 Å². The highest BCUT2D eigenvalue weighted by Crippen LogP contribution is 2.32. The highest BCUT2D eigenvalue weighted by atomic mass is 16.3. The Hall–Kier alpha value is -6.07. The number of rotatable bonds is 4. The number of amidine groups is 2. The molecule has 2 heterocycles. The van der Waals surface area contributed by atoms with Crippen LogP contribution in [0.5, 0.6) is 0 Å². The van der Waals surface area contributed by atoms with Crippen LogP contribution in [0.2, 0.25) is 0 Å². The van der Waals surface area contributed by atoms with Gasteiger partial charge >= 0.3 is 0 Å². The van der Waals surface area contributed by atoms with Crippen LogP contribution in [0, 0.1) is 0 Å². The lowest BCUT2D eigenvalue weighted by Crippen LogP contribution is -2.36. The van der Waals surface area contributed by atoms with Crippen molar-refractivity contribution in [3.05, 3.63) is 162 Å². The Morgan fingerprint density at radius 1 is 0.489 bits per heavy atom. The second-order valence-corrected chi connectivity index (χ2v) is 11.4. The van der Waals surface area contributed by atoms with Crippen molar-refractivity contribution in [3.8, 4) is 11.5 Å².